The van der Waals surface area contributed by atoms with Crippen molar-refractivity contribution in [2.75, 3.05) is 7.11 Å². The largest absolute Gasteiger partial charge is 0.496 e. The van der Waals surface area contributed by atoms with Crippen LogP contribution in [0, 0.1) is 0 Å². The molecule has 0 radical (unpaired) electrons. The monoisotopic (exact) mass is 273 g/mol. The third-order valence-corrected chi connectivity index (χ3v) is 3.22. The van der Waals surface area contributed by atoms with Crippen molar-refractivity contribution in [3.8, 4) is 5.75 Å². The third kappa shape index (κ3) is 2.27. The quantitative estimate of drug-likeness (QED) is 0.736. The van der Waals surface area contributed by atoms with Gasteiger partial charge in [-0.3, -0.25) is 4.40 Å². The number of benzene rings is 1. The summed E-state index contributed by atoms with van der Waals surface area (Å²) in [7, 11) is 1.67. The van der Waals surface area contributed by atoms with Gasteiger partial charge < -0.3 is 4.74 Å². The number of rotatable bonds is 3. The van der Waals surface area contributed by atoms with Gasteiger partial charge in [-0.1, -0.05) is 29.8 Å². The Hall–Kier alpha value is -2.07. The van der Waals surface area contributed by atoms with Crippen LogP contribution in [0.25, 0.3) is 5.65 Å². The fraction of sp³-hybridized carbons (Fsp3) is 0.143. The second-order valence-electron chi connectivity index (χ2n) is 4.18. The lowest BCUT2D eigenvalue weighted by molar-refractivity contribution is 0.410. The SMILES string of the molecule is COc1ccccc1Cc1nnc2cc(Cl)ccn12. The minimum absolute atomic E-state index is 0.656. The molecule has 0 bridgehead atoms. The summed E-state index contributed by atoms with van der Waals surface area (Å²) >= 11 is 5.93. The number of nitrogens with zero attached hydrogens (tertiary/aromatic N) is 3. The Morgan fingerprint density at radius 2 is 2.05 bits per heavy atom. The first kappa shape index (κ1) is 12.0. The van der Waals surface area contributed by atoms with E-state index in [4.69, 9.17) is 16.3 Å². The van der Waals surface area contributed by atoms with Crippen molar-refractivity contribution in [2.24, 2.45) is 0 Å². The number of ether oxygens (including phenoxy) is 1. The van der Waals surface area contributed by atoms with Gasteiger partial charge in [-0.25, -0.2) is 0 Å². The van der Waals surface area contributed by atoms with Gasteiger partial charge in [0.1, 0.15) is 11.6 Å². The lowest BCUT2D eigenvalue weighted by Crippen LogP contribution is -1.98. The normalized spacial score (nSPS) is 10.8. The Bertz CT molecular complexity index is 724. The molecule has 5 heteroatoms. The summed E-state index contributed by atoms with van der Waals surface area (Å²) in [6.07, 6.45) is 2.54. The molecule has 0 fully saturated rings. The van der Waals surface area contributed by atoms with E-state index >= 15 is 0 Å². The maximum absolute atomic E-state index is 5.93. The molecule has 0 spiro atoms. The Balaban J connectivity index is 2.01. The van der Waals surface area contributed by atoms with E-state index in [1.807, 2.05) is 40.9 Å². The highest BCUT2D eigenvalue weighted by atomic mass is 35.5. The predicted molar refractivity (Wildman–Crippen MR) is 73.8 cm³/mol. The zero-order valence-corrected chi connectivity index (χ0v) is 11.1. The average molecular weight is 274 g/mol. The van der Waals surface area contributed by atoms with E-state index in [1.54, 1.807) is 13.2 Å². The van der Waals surface area contributed by atoms with Crippen LogP contribution in [0.5, 0.6) is 5.75 Å². The van der Waals surface area contributed by atoms with E-state index in [0.717, 1.165) is 22.8 Å². The smallest absolute Gasteiger partial charge is 0.162 e. The molecule has 3 aromatic rings. The van der Waals surface area contributed by atoms with E-state index in [1.165, 1.54) is 0 Å². The Morgan fingerprint density at radius 1 is 1.21 bits per heavy atom. The van der Waals surface area contributed by atoms with E-state index in [9.17, 15) is 0 Å². The molecule has 1 aromatic carbocycles. The molecular formula is C14H12ClN3O. The van der Waals surface area contributed by atoms with Crippen LogP contribution in [-0.4, -0.2) is 21.7 Å². The first-order chi connectivity index (χ1) is 9.28. The first-order valence-corrected chi connectivity index (χ1v) is 6.27. The molecule has 19 heavy (non-hydrogen) atoms. The number of hydrogen-bond donors (Lipinski definition) is 0. The highest BCUT2D eigenvalue weighted by Crippen LogP contribution is 2.21. The number of pyridine rings is 1. The molecule has 96 valence electrons. The number of halogens is 1. The zero-order chi connectivity index (χ0) is 13.2. The lowest BCUT2D eigenvalue weighted by Gasteiger charge is -2.06. The third-order valence-electron chi connectivity index (χ3n) is 2.98. The Kier molecular flexibility index (Phi) is 3.09. The second kappa shape index (κ2) is 4.90. The summed E-state index contributed by atoms with van der Waals surface area (Å²) in [6, 6.07) is 11.5. The molecular weight excluding hydrogens is 262 g/mol. The van der Waals surface area contributed by atoms with E-state index < -0.39 is 0 Å². The molecule has 0 unspecified atom stereocenters. The number of aromatic nitrogens is 3. The predicted octanol–water partition coefficient (Wildman–Crippen LogP) is 2.98. The van der Waals surface area contributed by atoms with Crippen molar-refractivity contribution in [3.63, 3.8) is 0 Å². The molecule has 2 aromatic heterocycles. The van der Waals surface area contributed by atoms with Gasteiger partial charge in [-0.15, -0.1) is 10.2 Å². The van der Waals surface area contributed by atoms with Gasteiger partial charge in [0.2, 0.25) is 0 Å². The van der Waals surface area contributed by atoms with E-state index in [0.29, 0.717) is 11.4 Å². The van der Waals surface area contributed by atoms with Crippen molar-refractivity contribution in [1.82, 2.24) is 14.6 Å². The van der Waals surface area contributed by atoms with Crippen molar-refractivity contribution >= 4 is 17.2 Å². The molecule has 3 rings (SSSR count). The maximum Gasteiger partial charge on any atom is 0.162 e. The van der Waals surface area contributed by atoms with Gasteiger partial charge in [0.25, 0.3) is 0 Å². The summed E-state index contributed by atoms with van der Waals surface area (Å²) < 4.78 is 7.28. The van der Waals surface area contributed by atoms with Crippen LogP contribution in [0.3, 0.4) is 0 Å². The number of hydrogen-bond acceptors (Lipinski definition) is 3. The molecule has 0 saturated heterocycles. The van der Waals surface area contributed by atoms with Crippen molar-refractivity contribution in [2.45, 2.75) is 6.42 Å². The van der Waals surface area contributed by atoms with Crippen LogP contribution < -0.4 is 4.74 Å². The summed E-state index contributed by atoms with van der Waals surface area (Å²) in [4.78, 5) is 0. The number of fused-ring (bicyclic) bond motifs is 1. The van der Waals surface area contributed by atoms with Crippen molar-refractivity contribution < 1.29 is 4.74 Å². The van der Waals surface area contributed by atoms with Gasteiger partial charge in [0.05, 0.1) is 7.11 Å². The Labute approximate surface area is 115 Å². The minimum atomic E-state index is 0.656. The maximum atomic E-state index is 5.93. The molecule has 0 saturated carbocycles. The van der Waals surface area contributed by atoms with Crippen LogP contribution in [0.2, 0.25) is 5.02 Å². The minimum Gasteiger partial charge on any atom is -0.496 e. The fourth-order valence-corrected chi connectivity index (χ4v) is 2.21. The molecule has 4 nitrogen and oxygen atoms in total. The summed E-state index contributed by atoms with van der Waals surface area (Å²) in [5.41, 5.74) is 1.83. The first-order valence-electron chi connectivity index (χ1n) is 5.89. The highest BCUT2D eigenvalue weighted by Gasteiger charge is 2.09. The average Bonchev–Trinajstić information content (AvgIpc) is 2.82. The van der Waals surface area contributed by atoms with Crippen LogP contribution in [0.1, 0.15) is 11.4 Å². The lowest BCUT2D eigenvalue weighted by atomic mass is 10.1. The van der Waals surface area contributed by atoms with Gasteiger partial charge in [0.15, 0.2) is 5.65 Å². The van der Waals surface area contributed by atoms with Gasteiger partial charge in [-0.2, -0.15) is 0 Å². The van der Waals surface area contributed by atoms with Crippen molar-refractivity contribution in [1.29, 1.82) is 0 Å². The van der Waals surface area contributed by atoms with Crippen LogP contribution in [-0.2, 0) is 6.42 Å². The van der Waals surface area contributed by atoms with E-state index in [2.05, 4.69) is 10.2 Å². The zero-order valence-electron chi connectivity index (χ0n) is 10.4. The number of para-hydroxylation sites is 1. The van der Waals surface area contributed by atoms with Gasteiger partial charge >= 0.3 is 0 Å². The molecule has 2 heterocycles. The van der Waals surface area contributed by atoms with Crippen LogP contribution in [0.4, 0.5) is 0 Å². The van der Waals surface area contributed by atoms with E-state index in [-0.39, 0.29) is 0 Å². The fourth-order valence-electron chi connectivity index (χ4n) is 2.06. The summed E-state index contributed by atoms with van der Waals surface area (Å²) in [5, 5.41) is 8.98. The van der Waals surface area contributed by atoms with Crippen molar-refractivity contribution in [3.05, 3.63) is 59.0 Å². The van der Waals surface area contributed by atoms with Crippen LogP contribution in [0.15, 0.2) is 42.6 Å². The highest BCUT2D eigenvalue weighted by molar-refractivity contribution is 6.30. The van der Waals surface area contributed by atoms with Gasteiger partial charge in [0, 0.05) is 29.3 Å². The molecule has 0 amide bonds. The molecule has 0 N–H and O–H groups in total. The molecule has 0 atom stereocenters. The summed E-state index contributed by atoms with van der Waals surface area (Å²) in [6.45, 7) is 0. The molecule has 0 aliphatic rings. The number of methoxy groups -OCH3 is 1. The topological polar surface area (TPSA) is 39.4 Å². The van der Waals surface area contributed by atoms with Crippen LogP contribution >= 0.6 is 11.6 Å². The Morgan fingerprint density at radius 3 is 2.89 bits per heavy atom. The van der Waals surface area contributed by atoms with Gasteiger partial charge in [-0.05, 0) is 12.1 Å². The molecule has 0 aliphatic heterocycles. The second-order valence-corrected chi connectivity index (χ2v) is 4.61. The standard InChI is InChI=1S/C14H12ClN3O/c1-19-12-5-3-2-4-10(12)8-13-16-17-14-9-11(15)6-7-18(13)14/h2-7,9H,8H2,1H3. The molecule has 0 aliphatic carbocycles. The summed E-state index contributed by atoms with van der Waals surface area (Å²) in [5.74, 6) is 1.71.